The molecule has 4 fully saturated rings. The average Bonchev–Trinajstić information content (AvgIpc) is 3.27. The lowest BCUT2D eigenvalue weighted by atomic mass is 9.33. The number of hydrogen-bond donors (Lipinski definition) is 0. The minimum absolute atomic E-state index is 0.00822. The third-order valence-corrected chi connectivity index (χ3v) is 17.4. The Bertz CT molecular complexity index is 1700. The topological polar surface area (TPSA) is 44.8 Å². The summed E-state index contributed by atoms with van der Waals surface area (Å²) in [6.07, 6.45) is 19.3. The van der Waals surface area contributed by atoms with Crippen LogP contribution in [0.3, 0.4) is 0 Å². The number of carbonyl (C=O) groups is 1. The van der Waals surface area contributed by atoms with E-state index >= 15 is 0 Å². The maximum atomic E-state index is 13.2. The third-order valence-electron chi connectivity index (χ3n) is 17.4. The van der Waals surface area contributed by atoms with Crippen LogP contribution in [0.15, 0.2) is 35.9 Å². The van der Waals surface area contributed by atoms with Gasteiger partial charge in [-0.05, 0) is 142 Å². The van der Waals surface area contributed by atoms with E-state index in [1.807, 2.05) is 0 Å². The van der Waals surface area contributed by atoms with Gasteiger partial charge in [0.2, 0.25) is 0 Å². The smallest absolute Gasteiger partial charge is 0.311 e. The van der Waals surface area contributed by atoms with E-state index in [0.29, 0.717) is 23.7 Å². The first-order valence-electron chi connectivity index (χ1n) is 19.6. The molecule has 0 radical (unpaired) electrons. The van der Waals surface area contributed by atoms with Crippen molar-refractivity contribution in [2.45, 2.75) is 150 Å². The monoisotopic (exact) mass is 666 g/mol. The molecule has 0 bridgehead atoms. The maximum absolute atomic E-state index is 13.2. The van der Waals surface area contributed by atoms with Gasteiger partial charge in [0.1, 0.15) is 0 Å². The Kier molecular flexibility index (Phi) is 7.08. The summed E-state index contributed by atoms with van der Waals surface area (Å²) in [5.74, 6) is 3.59. The van der Waals surface area contributed by atoms with Gasteiger partial charge in [0.25, 0.3) is 0 Å². The molecule has 1 aliphatic heterocycles. The second kappa shape index (κ2) is 10.3. The zero-order valence-corrected chi connectivity index (χ0v) is 32.2. The number of methoxy groups -OCH3 is 1. The molecule has 4 heteroatoms. The van der Waals surface area contributed by atoms with Crippen LogP contribution >= 0.6 is 0 Å². The quantitative estimate of drug-likeness (QED) is 0.233. The molecule has 0 amide bonds. The Morgan fingerprint density at radius 3 is 2.37 bits per heavy atom. The van der Waals surface area contributed by atoms with Gasteiger partial charge >= 0.3 is 5.97 Å². The number of rotatable bonds is 2. The van der Waals surface area contributed by atoms with Crippen LogP contribution in [0.5, 0.6) is 11.5 Å². The fraction of sp³-hybridized carbons (Fsp3) is 0.711. The molecule has 6 aliphatic carbocycles. The van der Waals surface area contributed by atoms with Crippen molar-refractivity contribution >= 4 is 12.0 Å². The van der Waals surface area contributed by atoms with Crippen molar-refractivity contribution in [3.05, 3.63) is 52.6 Å². The molecule has 0 aromatic heterocycles. The van der Waals surface area contributed by atoms with Crippen molar-refractivity contribution in [2.75, 3.05) is 7.11 Å². The van der Waals surface area contributed by atoms with Crippen LogP contribution in [0, 0.1) is 52.3 Å². The molecule has 1 heterocycles. The van der Waals surface area contributed by atoms with Crippen molar-refractivity contribution in [1.82, 2.24) is 0 Å². The lowest BCUT2D eigenvalue weighted by Crippen LogP contribution is -2.65. The maximum Gasteiger partial charge on any atom is 0.311 e. The highest BCUT2D eigenvalue weighted by molar-refractivity contribution is 5.76. The summed E-state index contributed by atoms with van der Waals surface area (Å²) in [6.45, 7) is 26.1. The number of benzene rings is 1. The summed E-state index contributed by atoms with van der Waals surface area (Å²) in [6, 6.07) is 2.43. The van der Waals surface area contributed by atoms with E-state index in [9.17, 15) is 4.79 Å². The first-order valence-corrected chi connectivity index (χ1v) is 19.6. The summed E-state index contributed by atoms with van der Waals surface area (Å²) in [5.41, 5.74) is 5.86. The molecule has 11 atom stereocenters. The standard InChI is InChI=1S/C45H62O4/c1-27(2)31-13-12-28(3)44-17-16-29(4)45(44,25-31)49-37-30(5)32-14-15-35-41(8,33(32)24-34(37)48-44)21-23-43(10)36-26-40(7,38(46)47-11)19-18-39(36,6)20-22-42(35,43)9/h14-16,24,28,31,35-36H,1,12-13,17-23,25-26H2,2-11H3/t28-,31-,35-,36+,39+,40+,41-,42+,43-,44+,45+/m0/s1. The van der Waals surface area contributed by atoms with Crippen molar-refractivity contribution in [2.24, 2.45) is 45.3 Å². The molecule has 0 unspecified atom stereocenters. The number of allylic oxidation sites excluding steroid dienone is 2. The van der Waals surface area contributed by atoms with Crippen LogP contribution in [0.4, 0.5) is 0 Å². The number of ether oxygens (including phenoxy) is 3. The lowest BCUT2D eigenvalue weighted by molar-refractivity contribution is -0.205. The molecule has 7 aliphatic rings. The van der Waals surface area contributed by atoms with Gasteiger partial charge in [-0.2, -0.15) is 0 Å². The van der Waals surface area contributed by atoms with Crippen molar-refractivity contribution in [3.8, 4) is 11.5 Å². The van der Waals surface area contributed by atoms with Gasteiger partial charge in [-0.15, -0.1) is 0 Å². The summed E-state index contributed by atoms with van der Waals surface area (Å²) < 4.78 is 20.4. The summed E-state index contributed by atoms with van der Waals surface area (Å²) >= 11 is 0. The highest BCUT2D eigenvalue weighted by Crippen LogP contribution is 2.75. The van der Waals surface area contributed by atoms with Crippen LogP contribution < -0.4 is 9.47 Å². The fourth-order valence-electron chi connectivity index (χ4n) is 13.7. The predicted molar refractivity (Wildman–Crippen MR) is 198 cm³/mol. The average molecular weight is 667 g/mol. The number of carbonyl (C=O) groups excluding carboxylic acids is 1. The fourth-order valence-corrected chi connectivity index (χ4v) is 13.7. The van der Waals surface area contributed by atoms with Gasteiger partial charge < -0.3 is 14.2 Å². The molecule has 1 aromatic rings. The zero-order valence-electron chi connectivity index (χ0n) is 32.2. The lowest BCUT2D eigenvalue weighted by Gasteiger charge is -2.71. The Hall–Kier alpha value is -2.49. The second-order valence-corrected chi connectivity index (χ2v) is 19.6. The Labute approximate surface area is 296 Å². The van der Waals surface area contributed by atoms with Crippen LogP contribution in [-0.2, 0) is 14.9 Å². The van der Waals surface area contributed by atoms with E-state index in [4.69, 9.17) is 14.2 Å². The normalized spacial score (nSPS) is 47.6. The van der Waals surface area contributed by atoms with E-state index in [0.717, 1.165) is 62.9 Å². The van der Waals surface area contributed by atoms with Gasteiger partial charge in [0.05, 0.1) is 12.5 Å². The van der Waals surface area contributed by atoms with E-state index in [-0.39, 0.29) is 27.6 Å². The Morgan fingerprint density at radius 1 is 0.939 bits per heavy atom. The van der Waals surface area contributed by atoms with Crippen molar-refractivity contribution in [1.29, 1.82) is 0 Å². The van der Waals surface area contributed by atoms with Crippen LogP contribution in [0.25, 0.3) is 6.08 Å². The molecule has 4 saturated carbocycles. The van der Waals surface area contributed by atoms with Crippen LogP contribution in [0.1, 0.15) is 143 Å². The first-order chi connectivity index (χ1) is 22.9. The predicted octanol–water partition coefficient (Wildman–Crippen LogP) is 11.1. The van der Waals surface area contributed by atoms with Gasteiger partial charge in [-0.1, -0.05) is 65.0 Å². The second-order valence-electron chi connectivity index (χ2n) is 19.6. The highest BCUT2D eigenvalue weighted by Gasteiger charge is 2.69. The molecular weight excluding hydrogens is 604 g/mol. The Morgan fingerprint density at radius 2 is 1.65 bits per heavy atom. The van der Waals surface area contributed by atoms with Crippen molar-refractivity contribution in [3.63, 3.8) is 0 Å². The van der Waals surface area contributed by atoms with E-state index in [2.05, 4.69) is 93.2 Å². The first kappa shape index (κ1) is 33.6. The molecule has 0 spiro atoms. The molecule has 0 N–H and O–H groups in total. The molecule has 8 rings (SSSR count). The van der Waals surface area contributed by atoms with E-state index in [1.165, 1.54) is 47.1 Å². The molecular formula is C45H62O4. The highest BCUT2D eigenvalue weighted by atomic mass is 16.6. The summed E-state index contributed by atoms with van der Waals surface area (Å²) in [7, 11) is 1.57. The summed E-state index contributed by atoms with van der Waals surface area (Å²) in [5, 5.41) is 0. The van der Waals surface area contributed by atoms with Crippen LogP contribution in [0.2, 0.25) is 0 Å². The zero-order chi connectivity index (χ0) is 35.2. The summed E-state index contributed by atoms with van der Waals surface area (Å²) in [4.78, 5) is 13.2. The Balaban J connectivity index is 1.21. The largest absolute Gasteiger partial charge is 0.478 e. The van der Waals surface area contributed by atoms with Crippen molar-refractivity contribution < 1.29 is 19.0 Å². The SMILES string of the molecule is C=C(C)[C@H]1CC[C@H](C)[C@]23CC=C(C)[C@@]2(C1)Oc1c(cc2c(c1C)C=C[C@H]1[C@@]2(C)CC[C@@]2(C)[C@@H]4C[C@](C)(C(=O)OC)CC[C@]4(C)CC[C@]12C)O3. The molecule has 0 saturated heterocycles. The van der Waals surface area contributed by atoms with Gasteiger partial charge in [-0.25, -0.2) is 0 Å². The van der Waals surface area contributed by atoms with E-state index in [1.54, 1.807) is 7.11 Å². The molecule has 4 nitrogen and oxygen atoms in total. The van der Waals surface area contributed by atoms with Crippen LogP contribution in [-0.4, -0.2) is 24.3 Å². The molecule has 49 heavy (non-hydrogen) atoms. The minimum atomic E-state index is -0.461. The van der Waals surface area contributed by atoms with Gasteiger partial charge in [0, 0.05) is 29.7 Å². The van der Waals surface area contributed by atoms with Gasteiger partial charge in [0.15, 0.2) is 22.7 Å². The molecule has 266 valence electrons. The third kappa shape index (κ3) is 4.01. The van der Waals surface area contributed by atoms with Gasteiger partial charge in [-0.3, -0.25) is 4.79 Å². The van der Waals surface area contributed by atoms with E-state index < -0.39 is 16.6 Å². The number of hydrogen-bond acceptors (Lipinski definition) is 4. The molecule has 1 aromatic carbocycles. The number of fused-ring (bicyclic) bond motifs is 8. The number of esters is 1. The minimum Gasteiger partial charge on any atom is -0.478 e.